The largest absolute Gasteiger partial charge is 0.354 e. The van der Waals surface area contributed by atoms with E-state index in [1.807, 2.05) is 27.7 Å². The zero-order valence-electron chi connectivity index (χ0n) is 20.7. The highest BCUT2D eigenvalue weighted by atomic mass is 35.5. The summed E-state index contributed by atoms with van der Waals surface area (Å²) >= 11 is 11.7. The molecule has 1 saturated carbocycles. The number of Topliss-reactive ketones (excluding diaryl/α,β-unsaturated/α-hetero) is 3. The lowest BCUT2D eigenvalue weighted by Gasteiger charge is -2.20. The molecular formula is C23H29Cl2N5O5S. The summed E-state index contributed by atoms with van der Waals surface area (Å²) in [4.78, 5) is 48.0. The Kier molecular flexibility index (Phi) is 9.93. The number of anilines is 2. The van der Waals surface area contributed by atoms with Gasteiger partial charge in [-0.2, -0.15) is 15.0 Å². The molecule has 0 unspecified atom stereocenters. The van der Waals surface area contributed by atoms with Gasteiger partial charge in [-0.1, -0.05) is 11.6 Å². The van der Waals surface area contributed by atoms with E-state index in [-0.39, 0.29) is 39.1 Å². The van der Waals surface area contributed by atoms with Crippen LogP contribution in [0.1, 0.15) is 57.3 Å². The molecule has 13 heteroatoms. The van der Waals surface area contributed by atoms with Crippen LogP contribution in [0.4, 0.5) is 11.9 Å². The number of nitrogens with zero attached hydrogens (tertiary/aromatic N) is 3. The summed E-state index contributed by atoms with van der Waals surface area (Å²) in [5, 5.41) is 6.23. The van der Waals surface area contributed by atoms with Crippen LogP contribution >= 0.6 is 23.2 Å². The second-order valence-electron chi connectivity index (χ2n) is 9.15. The highest BCUT2D eigenvalue weighted by molar-refractivity contribution is 7.90. The molecule has 0 atom stereocenters. The van der Waals surface area contributed by atoms with Crippen molar-refractivity contribution in [2.75, 3.05) is 23.4 Å². The van der Waals surface area contributed by atoms with E-state index in [1.165, 1.54) is 12.1 Å². The Labute approximate surface area is 220 Å². The van der Waals surface area contributed by atoms with Gasteiger partial charge in [0, 0.05) is 36.7 Å². The predicted molar refractivity (Wildman–Crippen MR) is 139 cm³/mol. The van der Waals surface area contributed by atoms with Crippen molar-refractivity contribution in [3.05, 3.63) is 34.1 Å². The Morgan fingerprint density at radius 2 is 1.64 bits per heavy atom. The summed E-state index contributed by atoms with van der Waals surface area (Å²) in [6.45, 7) is 8.79. The molecule has 0 amide bonds. The lowest BCUT2D eigenvalue weighted by Crippen LogP contribution is -2.35. The van der Waals surface area contributed by atoms with Crippen LogP contribution in [0, 0.1) is 5.92 Å². The molecule has 1 aliphatic carbocycles. The Balaban J connectivity index is 0.000000269. The molecule has 36 heavy (non-hydrogen) atoms. The van der Waals surface area contributed by atoms with Crippen LogP contribution in [-0.4, -0.2) is 59.1 Å². The summed E-state index contributed by atoms with van der Waals surface area (Å²) in [6, 6.07) is 3.64. The van der Waals surface area contributed by atoms with E-state index in [2.05, 4.69) is 25.6 Å². The molecule has 0 saturated heterocycles. The summed E-state index contributed by atoms with van der Waals surface area (Å²) in [6.07, 6.45) is 1.87. The number of ketones is 3. The van der Waals surface area contributed by atoms with Gasteiger partial charge < -0.3 is 10.6 Å². The van der Waals surface area contributed by atoms with E-state index in [0.717, 1.165) is 18.9 Å². The fraction of sp³-hybridized carbons (Fsp3) is 0.478. The first-order valence-electron chi connectivity index (χ1n) is 11.1. The number of benzene rings is 1. The van der Waals surface area contributed by atoms with Crippen LogP contribution in [-0.2, 0) is 19.4 Å². The molecule has 1 aliphatic rings. The minimum atomic E-state index is -3.44. The molecule has 196 valence electrons. The molecule has 1 aromatic carbocycles. The summed E-state index contributed by atoms with van der Waals surface area (Å²) in [5.74, 6) is -1.79. The first-order valence-corrected chi connectivity index (χ1v) is 13.8. The van der Waals surface area contributed by atoms with Crippen molar-refractivity contribution in [3.8, 4) is 0 Å². The monoisotopic (exact) mass is 557 g/mol. The summed E-state index contributed by atoms with van der Waals surface area (Å²) < 4.78 is 22.8. The van der Waals surface area contributed by atoms with Gasteiger partial charge >= 0.3 is 0 Å². The van der Waals surface area contributed by atoms with Crippen LogP contribution in [0.5, 0.6) is 0 Å². The van der Waals surface area contributed by atoms with Crippen LogP contribution < -0.4 is 10.6 Å². The second kappa shape index (κ2) is 12.1. The molecule has 0 radical (unpaired) electrons. The van der Waals surface area contributed by atoms with Crippen LogP contribution in [0.25, 0.3) is 0 Å². The zero-order chi connectivity index (χ0) is 27.3. The van der Waals surface area contributed by atoms with Crippen molar-refractivity contribution in [3.63, 3.8) is 0 Å². The zero-order valence-corrected chi connectivity index (χ0v) is 23.0. The molecule has 3 rings (SSSR count). The Hall–Kier alpha value is -2.63. The summed E-state index contributed by atoms with van der Waals surface area (Å²) in [7, 11) is -3.44. The molecule has 0 spiro atoms. The number of aromatic nitrogens is 3. The number of carbonyl (C=O) groups is 3. The molecule has 1 aromatic heterocycles. The predicted octanol–water partition coefficient (Wildman–Crippen LogP) is 4.03. The van der Waals surface area contributed by atoms with Gasteiger partial charge in [-0.15, -0.1) is 0 Å². The minimum absolute atomic E-state index is 0.00216. The van der Waals surface area contributed by atoms with Crippen molar-refractivity contribution in [2.45, 2.75) is 57.4 Å². The maximum atomic E-state index is 12.3. The number of rotatable bonds is 6. The Morgan fingerprint density at radius 3 is 2.14 bits per heavy atom. The third-order valence-electron chi connectivity index (χ3n) is 4.82. The van der Waals surface area contributed by atoms with E-state index in [1.54, 1.807) is 0 Å². The van der Waals surface area contributed by atoms with Gasteiger partial charge in [0.2, 0.25) is 17.2 Å². The average molecular weight is 558 g/mol. The third-order valence-corrected chi connectivity index (χ3v) is 6.41. The quantitative estimate of drug-likeness (QED) is 0.393. The molecule has 0 aliphatic heterocycles. The van der Waals surface area contributed by atoms with E-state index >= 15 is 0 Å². The van der Waals surface area contributed by atoms with E-state index < -0.39 is 33.1 Å². The minimum Gasteiger partial charge on any atom is -0.354 e. The number of hydrogen-bond donors (Lipinski definition) is 2. The SMILES string of the molecule is CCNc1nc(Cl)nc(NC(C)(C)C)n1.CS(=O)(=O)c1ccc(C(=O)C2C(=O)CCCC2=O)c(Cl)c1. The maximum absolute atomic E-state index is 12.3. The van der Waals surface area contributed by atoms with Crippen molar-refractivity contribution >= 4 is 62.3 Å². The van der Waals surface area contributed by atoms with Crippen molar-refractivity contribution in [1.82, 2.24) is 15.0 Å². The number of carbonyl (C=O) groups excluding carboxylic acids is 3. The fourth-order valence-electron chi connectivity index (χ4n) is 3.26. The number of nitrogens with one attached hydrogen (secondary N) is 2. The molecule has 1 heterocycles. The van der Waals surface area contributed by atoms with Crippen molar-refractivity contribution in [2.24, 2.45) is 5.92 Å². The standard InChI is InChI=1S/C14H13ClO5S.C9H16ClN5/c1-21(19,20)8-5-6-9(10(15)7-8)14(18)13-11(16)3-2-4-12(13)17;1-5-11-7-12-6(10)13-8(14-7)15-9(2,3)4/h5-7,13H,2-4H2,1H3;5H2,1-4H3,(H2,11,12,13,14,15). The molecule has 1 fully saturated rings. The molecule has 2 aromatic rings. The van der Waals surface area contributed by atoms with Crippen molar-refractivity contribution < 1.29 is 22.8 Å². The number of sulfone groups is 1. The second-order valence-corrected chi connectivity index (χ2v) is 11.9. The average Bonchev–Trinajstić information content (AvgIpc) is 2.72. The van der Waals surface area contributed by atoms with Crippen LogP contribution in [0.2, 0.25) is 10.3 Å². The molecule has 2 N–H and O–H groups in total. The van der Waals surface area contributed by atoms with Gasteiger partial charge in [0.15, 0.2) is 27.2 Å². The van der Waals surface area contributed by atoms with Gasteiger partial charge in [-0.3, -0.25) is 14.4 Å². The van der Waals surface area contributed by atoms with Gasteiger partial charge in [0.05, 0.1) is 9.92 Å². The number of hydrogen-bond acceptors (Lipinski definition) is 10. The Morgan fingerprint density at radius 1 is 1.06 bits per heavy atom. The fourth-order valence-corrected chi connectivity index (χ4v) is 4.40. The topological polar surface area (TPSA) is 148 Å². The molecular weight excluding hydrogens is 529 g/mol. The first-order chi connectivity index (χ1) is 16.6. The maximum Gasteiger partial charge on any atom is 0.229 e. The number of halogens is 2. The van der Waals surface area contributed by atoms with E-state index in [9.17, 15) is 22.8 Å². The molecule has 10 nitrogen and oxygen atoms in total. The Bertz CT molecular complexity index is 1250. The normalized spacial score (nSPS) is 14.6. The highest BCUT2D eigenvalue weighted by Gasteiger charge is 2.37. The van der Waals surface area contributed by atoms with Gasteiger partial charge in [-0.25, -0.2) is 8.42 Å². The van der Waals surface area contributed by atoms with E-state index in [4.69, 9.17) is 23.2 Å². The van der Waals surface area contributed by atoms with Gasteiger partial charge in [0.1, 0.15) is 5.92 Å². The summed E-state index contributed by atoms with van der Waals surface area (Å²) in [5.41, 5.74) is -0.105. The third kappa shape index (κ3) is 8.49. The molecule has 0 bridgehead atoms. The van der Waals surface area contributed by atoms with Gasteiger partial charge in [-0.05, 0) is 63.9 Å². The first kappa shape index (κ1) is 29.6. The van der Waals surface area contributed by atoms with Gasteiger partial charge in [0.25, 0.3) is 0 Å². The lowest BCUT2D eigenvalue weighted by molar-refractivity contribution is -0.133. The van der Waals surface area contributed by atoms with Crippen LogP contribution in [0.15, 0.2) is 23.1 Å². The van der Waals surface area contributed by atoms with Crippen molar-refractivity contribution in [1.29, 1.82) is 0 Å². The smallest absolute Gasteiger partial charge is 0.229 e. The highest BCUT2D eigenvalue weighted by Crippen LogP contribution is 2.27. The van der Waals surface area contributed by atoms with E-state index in [0.29, 0.717) is 18.3 Å². The van der Waals surface area contributed by atoms with Crippen LogP contribution in [0.3, 0.4) is 0 Å². The lowest BCUT2D eigenvalue weighted by atomic mass is 9.82.